The van der Waals surface area contributed by atoms with Crippen molar-refractivity contribution in [1.29, 1.82) is 0 Å². The molecule has 0 aliphatic carbocycles. The van der Waals surface area contributed by atoms with Crippen LogP contribution < -0.4 is 15.4 Å². The fourth-order valence-electron chi connectivity index (χ4n) is 2.03. The molecule has 0 aliphatic heterocycles. The number of esters is 1. The molecule has 1 aromatic carbocycles. The molecule has 1 atom stereocenters. The monoisotopic (exact) mass is 399 g/mol. The van der Waals surface area contributed by atoms with E-state index in [-0.39, 0.29) is 10.9 Å². The number of amides is 3. The summed E-state index contributed by atoms with van der Waals surface area (Å²) < 4.78 is 31.6. The molecule has 3 N–H and O–H groups in total. The summed E-state index contributed by atoms with van der Waals surface area (Å²) in [7, 11) is -3.91. The number of urea groups is 1. The van der Waals surface area contributed by atoms with E-state index in [1.807, 2.05) is 5.32 Å². The average Bonchev–Trinajstić information content (AvgIpc) is 2.54. The summed E-state index contributed by atoms with van der Waals surface area (Å²) in [5.74, 6) is -1.77. The Kier molecular flexibility index (Phi) is 7.92. The van der Waals surface area contributed by atoms with Crippen molar-refractivity contribution in [3.8, 4) is 0 Å². The quantitative estimate of drug-likeness (QED) is 0.580. The number of rotatable bonds is 7. The molecule has 0 bridgehead atoms. The Labute approximate surface area is 158 Å². The maximum Gasteiger partial charge on any atom is 0.321 e. The van der Waals surface area contributed by atoms with E-state index in [9.17, 15) is 22.8 Å². The molecule has 0 unspecified atom stereocenters. The van der Waals surface area contributed by atoms with Crippen LogP contribution in [0, 0.1) is 13.8 Å². The van der Waals surface area contributed by atoms with E-state index >= 15 is 0 Å². The molecule has 150 valence electrons. The van der Waals surface area contributed by atoms with Gasteiger partial charge in [-0.15, -0.1) is 0 Å². The molecule has 0 saturated heterocycles. The smallest absolute Gasteiger partial charge is 0.321 e. The zero-order chi connectivity index (χ0) is 20.8. The molecular weight excluding hydrogens is 374 g/mol. The van der Waals surface area contributed by atoms with E-state index in [2.05, 4.69) is 10.0 Å². The van der Waals surface area contributed by atoms with Gasteiger partial charge in [-0.3, -0.25) is 14.9 Å². The van der Waals surface area contributed by atoms with Crippen molar-refractivity contribution in [2.24, 2.45) is 0 Å². The van der Waals surface area contributed by atoms with Crippen LogP contribution in [-0.2, 0) is 24.3 Å². The van der Waals surface area contributed by atoms with Crippen molar-refractivity contribution < 1.29 is 27.5 Å². The number of imide groups is 1. The van der Waals surface area contributed by atoms with Gasteiger partial charge in [0.2, 0.25) is 10.0 Å². The van der Waals surface area contributed by atoms with Crippen molar-refractivity contribution in [2.75, 3.05) is 6.54 Å². The van der Waals surface area contributed by atoms with E-state index in [1.165, 1.54) is 13.0 Å². The van der Waals surface area contributed by atoms with Gasteiger partial charge in [0.15, 0.2) is 6.10 Å². The fraction of sp³-hybridized carbons (Fsp3) is 0.471. The van der Waals surface area contributed by atoms with Crippen LogP contribution in [0.3, 0.4) is 0 Å². The summed E-state index contributed by atoms with van der Waals surface area (Å²) in [5.41, 5.74) is 1.29. The number of ether oxygens (including phenoxy) is 1. The Morgan fingerprint density at radius 2 is 1.74 bits per heavy atom. The first-order valence-corrected chi connectivity index (χ1v) is 9.78. The maximum absolute atomic E-state index is 12.3. The summed E-state index contributed by atoms with van der Waals surface area (Å²) >= 11 is 0. The highest BCUT2D eigenvalue weighted by atomic mass is 32.2. The molecule has 0 spiro atoms. The molecule has 10 heteroatoms. The Morgan fingerprint density at radius 1 is 1.11 bits per heavy atom. The zero-order valence-electron chi connectivity index (χ0n) is 16.0. The first-order chi connectivity index (χ1) is 12.4. The van der Waals surface area contributed by atoms with Gasteiger partial charge >= 0.3 is 12.0 Å². The molecule has 0 aromatic heterocycles. The Hall–Kier alpha value is -2.46. The van der Waals surface area contributed by atoms with Gasteiger partial charge in [0.25, 0.3) is 5.91 Å². The third-order valence-corrected chi connectivity index (χ3v) is 4.92. The molecule has 27 heavy (non-hydrogen) atoms. The lowest BCUT2D eigenvalue weighted by Gasteiger charge is -2.15. The molecule has 1 rings (SSSR count). The lowest BCUT2D eigenvalue weighted by molar-refractivity contribution is -0.153. The highest BCUT2D eigenvalue weighted by Crippen LogP contribution is 2.16. The molecule has 0 fully saturated rings. The predicted molar refractivity (Wildman–Crippen MR) is 98.5 cm³/mol. The number of carbonyl (C=O) groups excluding carboxylic acids is 3. The van der Waals surface area contributed by atoms with Gasteiger partial charge in [-0.1, -0.05) is 12.1 Å². The highest BCUT2D eigenvalue weighted by Gasteiger charge is 2.22. The lowest BCUT2D eigenvalue weighted by Crippen LogP contribution is -2.47. The summed E-state index contributed by atoms with van der Waals surface area (Å²) in [6.07, 6.45) is -1.26. The average molecular weight is 399 g/mol. The van der Waals surface area contributed by atoms with Crippen LogP contribution in [0.5, 0.6) is 0 Å². The van der Waals surface area contributed by atoms with E-state index in [0.29, 0.717) is 5.56 Å². The topological polar surface area (TPSA) is 131 Å². The minimum absolute atomic E-state index is 0.0615. The number of sulfonamides is 1. The Balaban J connectivity index is 2.60. The highest BCUT2D eigenvalue weighted by molar-refractivity contribution is 7.89. The summed E-state index contributed by atoms with van der Waals surface area (Å²) in [5, 5.41) is 4.48. The van der Waals surface area contributed by atoms with Crippen LogP contribution in [0.2, 0.25) is 0 Å². The van der Waals surface area contributed by atoms with Gasteiger partial charge in [-0.25, -0.2) is 13.2 Å². The molecule has 9 nitrogen and oxygen atoms in total. The van der Waals surface area contributed by atoms with Gasteiger partial charge in [-0.05, 0) is 51.8 Å². The van der Waals surface area contributed by atoms with Crippen molar-refractivity contribution in [3.05, 3.63) is 29.3 Å². The van der Waals surface area contributed by atoms with Crippen LogP contribution in [0.15, 0.2) is 23.1 Å². The molecule has 0 heterocycles. The summed E-state index contributed by atoms with van der Waals surface area (Å²) in [6.45, 7) is 7.45. The minimum Gasteiger partial charge on any atom is -0.452 e. The van der Waals surface area contributed by atoms with Crippen LogP contribution in [-0.4, -0.2) is 45.0 Å². The second kappa shape index (κ2) is 9.47. The molecule has 0 saturated carbocycles. The number of carbonyl (C=O) groups is 3. The summed E-state index contributed by atoms with van der Waals surface area (Å²) in [6, 6.07) is 4.05. The third-order valence-electron chi connectivity index (χ3n) is 3.37. The number of hydrogen-bond donors (Lipinski definition) is 3. The SMILES string of the molecule is Cc1ccc(C)c(S(=O)(=O)NCC(=O)O[C@H](C)C(=O)NC(=O)NC(C)C)c1. The van der Waals surface area contributed by atoms with Crippen LogP contribution in [0.1, 0.15) is 31.9 Å². The van der Waals surface area contributed by atoms with Crippen LogP contribution in [0.25, 0.3) is 0 Å². The fourth-order valence-corrected chi connectivity index (χ4v) is 3.33. The van der Waals surface area contributed by atoms with Gasteiger partial charge in [-0.2, -0.15) is 4.72 Å². The molecule has 3 amide bonds. The maximum atomic E-state index is 12.3. The first-order valence-electron chi connectivity index (χ1n) is 8.30. The van der Waals surface area contributed by atoms with Crippen molar-refractivity contribution in [2.45, 2.75) is 51.7 Å². The number of aryl methyl sites for hydroxylation is 2. The van der Waals surface area contributed by atoms with Gasteiger partial charge < -0.3 is 10.1 Å². The molecular formula is C17H25N3O6S. The predicted octanol–water partition coefficient (Wildman–Crippen LogP) is 0.748. The first kappa shape index (κ1) is 22.6. The van der Waals surface area contributed by atoms with E-state index < -0.39 is 40.6 Å². The van der Waals surface area contributed by atoms with E-state index in [0.717, 1.165) is 5.56 Å². The Morgan fingerprint density at radius 3 is 2.33 bits per heavy atom. The van der Waals surface area contributed by atoms with Crippen molar-refractivity contribution in [1.82, 2.24) is 15.4 Å². The Bertz CT molecular complexity index is 820. The van der Waals surface area contributed by atoms with Crippen LogP contribution in [0.4, 0.5) is 4.79 Å². The number of nitrogens with one attached hydrogen (secondary N) is 3. The second-order valence-electron chi connectivity index (χ2n) is 6.34. The lowest BCUT2D eigenvalue weighted by atomic mass is 10.2. The van der Waals surface area contributed by atoms with E-state index in [4.69, 9.17) is 4.74 Å². The largest absolute Gasteiger partial charge is 0.452 e. The molecule has 1 aromatic rings. The second-order valence-corrected chi connectivity index (χ2v) is 8.08. The van der Waals surface area contributed by atoms with Gasteiger partial charge in [0, 0.05) is 6.04 Å². The van der Waals surface area contributed by atoms with Gasteiger partial charge in [0.1, 0.15) is 6.54 Å². The number of hydrogen-bond acceptors (Lipinski definition) is 6. The zero-order valence-corrected chi connectivity index (χ0v) is 16.8. The van der Waals surface area contributed by atoms with E-state index in [1.54, 1.807) is 39.8 Å². The third kappa shape index (κ3) is 7.35. The minimum atomic E-state index is -3.91. The molecule has 0 radical (unpaired) electrons. The summed E-state index contributed by atoms with van der Waals surface area (Å²) in [4.78, 5) is 35.1. The van der Waals surface area contributed by atoms with Crippen molar-refractivity contribution >= 4 is 27.9 Å². The van der Waals surface area contributed by atoms with Gasteiger partial charge in [0.05, 0.1) is 4.90 Å². The normalized spacial score (nSPS) is 12.4. The molecule has 0 aliphatic rings. The van der Waals surface area contributed by atoms with Crippen molar-refractivity contribution in [3.63, 3.8) is 0 Å². The van der Waals surface area contributed by atoms with Crippen LogP contribution >= 0.6 is 0 Å². The standard InChI is InChI=1S/C17H25N3O6S/c1-10(2)19-17(23)20-16(22)13(5)26-15(21)9-18-27(24,25)14-8-11(3)6-7-12(14)4/h6-8,10,13,18H,9H2,1-5H3,(H2,19,20,22,23)/t13-/m1/s1. The number of benzene rings is 1.